The second-order valence-electron chi connectivity index (χ2n) is 12.7. The van der Waals surface area contributed by atoms with E-state index in [4.69, 9.17) is 4.74 Å². The SMILES string of the molecule is CN[C@@H](C)C(=O)N[C@H](C(=O)N1C[C@H]2C[C@@](C)(O)CN2C[C@H]1C(=O)N[C@@H]1CCOc2ccccc21)C1CCC(F)(F)CC1. The number of halogens is 2. The molecule has 1 aromatic carbocycles. The number of nitrogens with one attached hydrogen (secondary N) is 3. The van der Waals surface area contributed by atoms with E-state index in [0.717, 1.165) is 5.56 Å². The van der Waals surface area contributed by atoms with Crippen molar-refractivity contribution in [2.24, 2.45) is 5.92 Å². The molecule has 0 radical (unpaired) electrons. The van der Waals surface area contributed by atoms with Crippen molar-refractivity contribution in [1.82, 2.24) is 25.8 Å². The number of aliphatic hydroxyl groups is 1. The average molecular weight is 592 g/mol. The standard InChI is InChI=1S/C30H43F2N5O5/c1-18(33-3)26(38)35-25(19-8-11-30(31,32)12-9-19)28(40)37-15-20-14-29(2,41)17-36(20)16-23(37)27(39)34-22-10-13-42-24-7-5-4-6-21(22)24/h4-7,18-20,22-23,25,33,41H,8-17H2,1-3H3,(H,34,39)(H,35,38)/t18-,20+,22+,23-,25-,29+/m0/s1. The van der Waals surface area contributed by atoms with Gasteiger partial charge in [-0.3, -0.25) is 19.3 Å². The molecule has 5 rings (SSSR count). The Morgan fingerprint density at radius 2 is 1.83 bits per heavy atom. The molecule has 2 saturated heterocycles. The lowest BCUT2D eigenvalue weighted by molar-refractivity contribution is -0.150. The number of carbonyl (C=O) groups is 3. The first-order chi connectivity index (χ1) is 19.9. The van der Waals surface area contributed by atoms with Crippen LogP contribution in [-0.4, -0.2) is 102 Å². The largest absolute Gasteiger partial charge is 0.493 e. The van der Waals surface area contributed by atoms with E-state index in [1.54, 1.807) is 20.9 Å². The number of amides is 3. The van der Waals surface area contributed by atoms with Crippen LogP contribution in [0.2, 0.25) is 0 Å². The smallest absolute Gasteiger partial charge is 0.248 e. The Morgan fingerprint density at radius 1 is 1.12 bits per heavy atom. The van der Waals surface area contributed by atoms with Gasteiger partial charge in [0.1, 0.15) is 17.8 Å². The Bertz CT molecular complexity index is 1170. The molecule has 3 fully saturated rings. The van der Waals surface area contributed by atoms with E-state index in [0.29, 0.717) is 31.7 Å². The number of para-hydroxylation sites is 1. The summed E-state index contributed by atoms with van der Waals surface area (Å²) in [5.74, 6) is -3.76. The molecule has 4 N–H and O–H groups in total. The molecule has 12 heteroatoms. The zero-order valence-electron chi connectivity index (χ0n) is 24.6. The zero-order chi connectivity index (χ0) is 30.2. The van der Waals surface area contributed by atoms with Crippen LogP contribution in [-0.2, 0) is 14.4 Å². The van der Waals surface area contributed by atoms with Gasteiger partial charge in [-0.1, -0.05) is 18.2 Å². The van der Waals surface area contributed by atoms with Gasteiger partial charge in [-0.15, -0.1) is 0 Å². The van der Waals surface area contributed by atoms with Gasteiger partial charge >= 0.3 is 0 Å². The first-order valence-corrected chi connectivity index (χ1v) is 15.0. The van der Waals surface area contributed by atoms with E-state index < -0.39 is 47.4 Å². The summed E-state index contributed by atoms with van der Waals surface area (Å²) in [7, 11) is 1.63. The number of ether oxygens (including phenoxy) is 1. The molecule has 1 aliphatic carbocycles. The molecule has 42 heavy (non-hydrogen) atoms. The molecule has 0 bridgehead atoms. The number of piperazine rings is 1. The minimum absolute atomic E-state index is 0.0887. The lowest BCUT2D eigenvalue weighted by Crippen LogP contribution is -2.66. The Kier molecular flexibility index (Phi) is 8.78. The molecule has 232 valence electrons. The number of nitrogens with zero attached hydrogens (tertiary/aromatic N) is 2. The van der Waals surface area contributed by atoms with Gasteiger partial charge in [0.2, 0.25) is 23.6 Å². The normalized spacial score (nSPS) is 30.8. The van der Waals surface area contributed by atoms with Crippen molar-refractivity contribution in [2.45, 2.75) is 94.1 Å². The zero-order valence-corrected chi connectivity index (χ0v) is 24.6. The van der Waals surface area contributed by atoms with Crippen molar-refractivity contribution in [3.8, 4) is 5.75 Å². The van der Waals surface area contributed by atoms with Crippen LogP contribution >= 0.6 is 0 Å². The van der Waals surface area contributed by atoms with Crippen molar-refractivity contribution < 1.29 is 33.0 Å². The van der Waals surface area contributed by atoms with Crippen LogP contribution in [0, 0.1) is 5.92 Å². The second-order valence-corrected chi connectivity index (χ2v) is 12.7. The highest BCUT2D eigenvalue weighted by Crippen LogP contribution is 2.39. The van der Waals surface area contributed by atoms with Crippen LogP contribution in [0.5, 0.6) is 5.75 Å². The minimum atomic E-state index is -2.80. The lowest BCUT2D eigenvalue weighted by Gasteiger charge is -2.45. The fraction of sp³-hybridized carbons (Fsp3) is 0.700. The van der Waals surface area contributed by atoms with Gasteiger partial charge < -0.3 is 30.7 Å². The topological polar surface area (TPSA) is 123 Å². The summed E-state index contributed by atoms with van der Waals surface area (Å²) in [5.41, 5.74) is -0.100. The second kappa shape index (κ2) is 12.0. The summed E-state index contributed by atoms with van der Waals surface area (Å²) >= 11 is 0. The maximum atomic E-state index is 14.4. The number of hydrogen-bond donors (Lipinski definition) is 4. The van der Waals surface area contributed by atoms with Crippen LogP contribution < -0.4 is 20.7 Å². The quantitative estimate of drug-likeness (QED) is 0.380. The van der Waals surface area contributed by atoms with Gasteiger partial charge in [-0.2, -0.15) is 0 Å². The summed E-state index contributed by atoms with van der Waals surface area (Å²) in [6.45, 7) is 4.63. The highest BCUT2D eigenvalue weighted by molar-refractivity contribution is 5.93. The number of benzene rings is 1. The summed E-state index contributed by atoms with van der Waals surface area (Å²) in [4.78, 5) is 44.9. The van der Waals surface area contributed by atoms with Crippen LogP contribution in [0.15, 0.2) is 24.3 Å². The number of likely N-dealkylation sites (N-methyl/N-ethyl adjacent to an activating group) is 1. The Labute approximate surface area is 245 Å². The predicted molar refractivity (Wildman–Crippen MR) is 151 cm³/mol. The van der Waals surface area contributed by atoms with E-state index >= 15 is 0 Å². The molecule has 0 spiro atoms. The van der Waals surface area contributed by atoms with E-state index in [1.807, 2.05) is 29.2 Å². The van der Waals surface area contributed by atoms with Gasteiger partial charge in [0, 0.05) is 50.5 Å². The summed E-state index contributed by atoms with van der Waals surface area (Å²) < 4.78 is 33.9. The number of hydrogen-bond acceptors (Lipinski definition) is 7. The summed E-state index contributed by atoms with van der Waals surface area (Å²) in [6, 6.07) is 4.52. The Morgan fingerprint density at radius 3 is 2.55 bits per heavy atom. The molecule has 6 atom stereocenters. The fourth-order valence-electron chi connectivity index (χ4n) is 6.93. The highest BCUT2D eigenvalue weighted by Gasteiger charge is 2.50. The lowest BCUT2D eigenvalue weighted by atomic mass is 9.81. The monoisotopic (exact) mass is 591 g/mol. The van der Waals surface area contributed by atoms with Crippen molar-refractivity contribution in [2.75, 3.05) is 33.3 Å². The molecule has 3 aliphatic heterocycles. The van der Waals surface area contributed by atoms with E-state index in [2.05, 4.69) is 16.0 Å². The number of alkyl halides is 2. The maximum Gasteiger partial charge on any atom is 0.248 e. The Hall–Kier alpha value is -2.83. The molecular formula is C30H43F2N5O5. The summed E-state index contributed by atoms with van der Waals surface area (Å²) in [6.07, 6.45) is 0.469. The first kappa shape index (κ1) is 30.6. The van der Waals surface area contributed by atoms with Crippen LogP contribution in [0.1, 0.15) is 64.0 Å². The van der Waals surface area contributed by atoms with Crippen molar-refractivity contribution in [3.05, 3.63) is 29.8 Å². The third-order valence-corrected chi connectivity index (χ3v) is 9.41. The highest BCUT2D eigenvalue weighted by atomic mass is 19.3. The van der Waals surface area contributed by atoms with E-state index in [1.165, 1.54) is 4.90 Å². The third-order valence-electron chi connectivity index (χ3n) is 9.41. The number of rotatable bonds is 7. The van der Waals surface area contributed by atoms with E-state index in [9.17, 15) is 28.3 Å². The fourth-order valence-corrected chi connectivity index (χ4v) is 6.93. The molecule has 3 heterocycles. The van der Waals surface area contributed by atoms with Crippen molar-refractivity contribution in [3.63, 3.8) is 0 Å². The van der Waals surface area contributed by atoms with Crippen LogP contribution in [0.3, 0.4) is 0 Å². The van der Waals surface area contributed by atoms with Gasteiger partial charge in [0.15, 0.2) is 0 Å². The molecule has 1 aromatic rings. The van der Waals surface area contributed by atoms with Crippen LogP contribution in [0.25, 0.3) is 0 Å². The summed E-state index contributed by atoms with van der Waals surface area (Å²) in [5, 5.41) is 19.7. The number of carbonyl (C=O) groups excluding carboxylic acids is 3. The molecule has 10 nitrogen and oxygen atoms in total. The molecule has 1 saturated carbocycles. The van der Waals surface area contributed by atoms with E-state index in [-0.39, 0.29) is 56.8 Å². The van der Waals surface area contributed by atoms with Crippen molar-refractivity contribution in [1.29, 1.82) is 0 Å². The minimum Gasteiger partial charge on any atom is -0.493 e. The van der Waals surface area contributed by atoms with Gasteiger partial charge in [0.25, 0.3) is 0 Å². The number of fused-ring (bicyclic) bond motifs is 2. The van der Waals surface area contributed by atoms with Crippen LogP contribution in [0.4, 0.5) is 8.78 Å². The first-order valence-electron chi connectivity index (χ1n) is 15.0. The molecular weight excluding hydrogens is 548 g/mol. The van der Waals surface area contributed by atoms with Crippen molar-refractivity contribution >= 4 is 17.7 Å². The molecule has 0 unspecified atom stereocenters. The molecule has 0 aromatic heterocycles. The van der Waals surface area contributed by atoms with Gasteiger partial charge in [-0.05, 0) is 52.1 Å². The predicted octanol–water partition coefficient (Wildman–Crippen LogP) is 1.58. The maximum absolute atomic E-state index is 14.4. The molecule has 3 amide bonds. The Balaban J connectivity index is 1.42. The average Bonchev–Trinajstić information content (AvgIpc) is 3.27. The van der Waals surface area contributed by atoms with Gasteiger partial charge in [-0.25, -0.2) is 8.78 Å². The third kappa shape index (κ3) is 6.55. The molecule has 4 aliphatic rings. The van der Waals surface area contributed by atoms with Gasteiger partial charge in [0.05, 0.1) is 24.3 Å².